The number of nitrogens with one attached hydrogen (secondary N) is 1. The van der Waals surface area contributed by atoms with Gasteiger partial charge in [-0.3, -0.25) is 24.3 Å². The molecule has 1 aromatic heterocycles. The Kier molecular flexibility index (Phi) is 4.84. The first kappa shape index (κ1) is 18.1. The number of nitro benzene ring substituents is 1. The number of anilines is 1. The molecular weight excluding hydrogens is 352 g/mol. The fourth-order valence-corrected chi connectivity index (χ4v) is 2.70. The fourth-order valence-electron chi connectivity index (χ4n) is 2.70. The maximum atomic E-state index is 12.6. The molecule has 27 heavy (non-hydrogen) atoms. The van der Waals surface area contributed by atoms with E-state index in [-0.39, 0.29) is 29.2 Å². The highest BCUT2D eigenvalue weighted by Crippen LogP contribution is 2.28. The molecule has 138 valence electrons. The molecule has 0 spiro atoms. The van der Waals surface area contributed by atoms with Gasteiger partial charge in [0.15, 0.2) is 0 Å². The Balaban J connectivity index is 1.88. The largest absolute Gasteiger partial charge is 0.495 e. The third-order valence-electron chi connectivity index (χ3n) is 4.04. The van der Waals surface area contributed by atoms with Gasteiger partial charge in [-0.25, -0.2) is 4.98 Å². The summed E-state index contributed by atoms with van der Waals surface area (Å²) in [6.45, 7) is 1.56. The number of hydrogen-bond donors (Lipinski definition) is 1. The van der Waals surface area contributed by atoms with Crippen LogP contribution in [0.15, 0.2) is 47.5 Å². The van der Waals surface area contributed by atoms with Crippen LogP contribution in [-0.2, 0) is 11.3 Å². The molecule has 0 aliphatic rings. The van der Waals surface area contributed by atoms with E-state index >= 15 is 0 Å². The Morgan fingerprint density at radius 1 is 1.33 bits per heavy atom. The number of nitro groups is 1. The summed E-state index contributed by atoms with van der Waals surface area (Å²) >= 11 is 0. The second-order valence-corrected chi connectivity index (χ2v) is 5.84. The number of carbonyl (C=O) groups is 1. The van der Waals surface area contributed by atoms with Gasteiger partial charge in [0.2, 0.25) is 5.91 Å². The summed E-state index contributed by atoms with van der Waals surface area (Å²) in [5.41, 5.74) is 1.06. The molecule has 3 rings (SSSR count). The van der Waals surface area contributed by atoms with Crippen LogP contribution in [0.25, 0.3) is 10.9 Å². The average Bonchev–Trinajstić information content (AvgIpc) is 2.64. The molecule has 0 aliphatic heterocycles. The molecule has 0 unspecified atom stereocenters. The summed E-state index contributed by atoms with van der Waals surface area (Å²) in [5.74, 6) is -0.266. The van der Waals surface area contributed by atoms with Crippen LogP contribution in [0.1, 0.15) is 5.56 Å². The third-order valence-corrected chi connectivity index (χ3v) is 4.04. The maximum Gasteiger partial charge on any atom is 0.271 e. The van der Waals surface area contributed by atoms with Crippen molar-refractivity contribution in [3.05, 3.63) is 68.8 Å². The molecule has 3 aromatic rings. The second kappa shape index (κ2) is 7.24. The summed E-state index contributed by atoms with van der Waals surface area (Å²) in [6.07, 6.45) is 1.31. The number of fused-ring (bicyclic) bond motifs is 1. The van der Waals surface area contributed by atoms with Gasteiger partial charge in [0.25, 0.3) is 11.2 Å². The van der Waals surface area contributed by atoms with E-state index in [1.165, 1.54) is 36.2 Å². The molecule has 9 heteroatoms. The standard InChI is InChI=1S/C18H16N4O5/c1-11-4-3-5-13-17(11)19-10-21(18(13)24)9-16(23)20-14-8-12(22(25)26)6-7-15(14)27-2/h3-8,10H,9H2,1-2H3,(H,20,23). The van der Waals surface area contributed by atoms with Crippen LogP contribution < -0.4 is 15.6 Å². The van der Waals surface area contributed by atoms with Crippen molar-refractivity contribution in [3.63, 3.8) is 0 Å². The van der Waals surface area contributed by atoms with Gasteiger partial charge in [-0.05, 0) is 24.6 Å². The summed E-state index contributed by atoms with van der Waals surface area (Å²) < 4.78 is 6.29. The van der Waals surface area contributed by atoms with Gasteiger partial charge < -0.3 is 10.1 Å². The monoisotopic (exact) mass is 368 g/mol. The van der Waals surface area contributed by atoms with Gasteiger partial charge in [0, 0.05) is 12.1 Å². The van der Waals surface area contributed by atoms with Crippen LogP contribution >= 0.6 is 0 Å². The molecule has 0 saturated heterocycles. The van der Waals surface area contributed by atoms with Crippen molar-refractivity contribution in [2.45, 2.75) is 13.5 Å². The highest BCUT2D eigenvalue weighted by Gasteiger charge is 2.15. The zero-order valence-corrected chi connectivity index (χ0v) is 14.6. The van der Waals surface area contributed by atoms with Crippen molar-refractivity contribution in [3.8, 4) is 5.75 Å². The van der Waals surface area contributed by atoms with E-state index in [1.54, 1.807) is 12.1 Å². The number of nitrogens with zero attached hydrogens (tertiary/aromatic N) is 3. The summed E-state index contributed by atoms with van der Waals surface area (Å²) in [6, 6.07) is 9.10. The Bertz CT molecular complexity index is 1110. The number of methoxy groups -OCH3 is 1. The van der Waals surface area contributed by atoms with Crippen LogP contribution in [0.2, 0.25) is 0 Å². The van der Waals surface area contributed by atoms with Crippen molar-refractivity contribution in [1.29, 1.82) is 0 Å². The molecule has 0 aliphatic carbocycles. The number of ether oxygens (including phenoxy) is 1. The highest BCUT2D eigenvalue weighted by molar-refractivity contribution is 5.92. The average molecular weight is 368 g/mol. The van der Waals surface area contributed by atoms with E-state index < -0.39 is 10.8 Å². The van der Waals surface area contributed by atoms with Crippen LogP contribution in [0, 0.1) is 17.0 Å². The van der Waals surface area contributed by atoms with Crippen molar-refractivity contribution in [1.82, 2.24) is 9.55 Å². The molecule has 2 aromatic carbocycles. The van der Waals surface area contributed by atoms with Crippen molar-refractivity contribution in [2.75, 3.05) is 12.4 Å². The van der Waals surface area contributed by atoms with E-state index in [4.69, 9.17) is 4.74 Å². The molecule has 0 radical (unpaired) electrons. The molecule has 1 N–H and O–H groups in total. The van der Waals surface area contributed by atoms with E-state index in [2.05, 4.69) is 10.3 Å². The lowest BCUT2D eigenvalue weighted by atomic mass is 10.1. The number of para-hydroxylation sites is 1. The summed E-state index contributed by atoms with van der Waals surface area (Å²) in [7, 11) is 1.39. The minimum absolute atomic E-state index is 0.148. The SMILES string of the molecule is COc1ccc([N+](=O)[O-])cc1NC(=O)Cn1cnc2c(C)cccc2c1=O. The smallest absolute Gasteiger partial charge is 0.271 e. The van der Waals surface area contributed by atoms with Crippen molar-refractivity contribution in [2.24, 2.45) is 0 Å². The number of rotatable bonds is 5. The van der Waals surface area contributed by atoms with Gasteiger partial charge in [-0.15, -0.1) is 0 Å². The molecule has 0 fully saturated rings. The molecule has 0 bridgehead atoms. The number of benzene rings is 2. The summed E-state index contributed by atoms with van der Waals surface area (Å²) in [5, 5.41) is 13.9. The first-order valence-electron chi connectivity index (χ1n) is 7.97. The normalized spacial score (nSPS) is 10.6. The van der Waals surface area contributed by atoms with Gasteiger partial charge in [0.05, 0.1) is 35.0 Å². The minimum atomic E-state index is -0.574. The molecule has 0 atom stereocenters. The lowest BCUT2D eigenvalue weighted by Gasteiger charge is -2.11. The predicted molar refractivity (Wildman–Crippen MR) is 99.0 cm³/mol. The topological polar surface area (TPSA) is 116 Å². The van der Waals surface area contributed by atoms with E-state index in [0.717, 1.165) is 5.56 Å². The van der Waals surface area contributed by atoms with Crippen molar-refractivity contribution >= 4 is 28.2 Å². The molecule has 1 amide bonds. The molecule has 0 saturated carbocycles. The number of hydrogen-bond acceptors (Lipinski definition) is 6. The van der Waals surface area contributed by atoms with Crippen LogP contribution in [0.4, 0.5) is 11.4 Å². The zero-order valence-electron chi connectivity index (χ0n) is 14.6. The number of carbonyl (C=O) groups excluding carboxylic acids is 1. The maximum absolute atomic E-state index is 12.6. The lowest BCUT2D eigenvalue weighted by molar-refractivity contribution is -0.384. The number of non-ortho nitro benzene ring substituents is 1. The van der Waals surface area contributed by atoms with E-state index in [9.17, 15) is 19.7 Å². The van der Waals surface area contributed by atoms with E-state index in [0.29, 0.717) is 10.9 Å². The third kappa shape index (κ3) is 3.61. The number of aromatic nitrogens is 2. The summed E-state index contributed by atoms with van der Waals surface area (Å²) in [4.78, 5) is 39.5. The molecule has 1 heterocycles. The van der Waals surface area contributed by atoms with E-state index in [1.807, 2.05) is 13.0 Å². The van der Waals surface area contributed by atoms with Gasteiger partial charge in [0.1, 0.15) is 12.3 Å². The first-order valence-corrected chi connectivity index (χ1v) is 7.97. The lowest BCUT2D eigenvalue weighted by Crippen LogP contribution is -2.28. The van der Waals surface area contributed by atoms with Gasteiger partial charge >= 0.3 is 0 Å². The number of amides is 1. The second-order valence-electron chi connectivity index (χ2n) is 5.84. The quantitative estimate of drug-likeness (QED) is 0.545. The van der Waals surface area contributed by atoms with Crippen LogP contribution in [-0.4, -0.2) is 27.5 Å². The van der Waals surface area contributed by atoms with Gasteiger partial charge in [-0.1, -0.05) is 12.1 Å². The predicted octanol–water partition coefficient (Wildman–Crippen LogP) is 2.26. The highest BCUT2D eigenvalue weighted by atomic mass is 16.6. The molecular formula is C18H16N4O5. The zero-order chi connectivity index (χ0) is 19.6. The Morgan fingerprint density at radius 3 is 2.81 bits per heavy atom. The van der Waals surface area contributed by atoms with Crippen molar-refractivity contribution < 1.29 is 14.5 Å². The minimum Gasteiger partial charge on any atom is -0.495 e. The fraction of sp³-hybridized carbons (Fsp3) is 0.167. The molecule has 9 nitrogen and oxygen atoms in total. The Labute approximate surface area is 153 Å². The van der Waals surface area contributed by atoms with Gasteiger partial charge in [-0.2, -0.15) is 0 Å². The Morgan fingerprint density at radius 2 is 2.11 bits per heavy atom. The Hall–Kier alpha value is -3.75. The van der Waals surface area contributed by atoms with Crippen LogP contribution in [0.3, 0.4) is 0 Å². The number of aryl methyl sites for hydroxylation is 1. The first-order chi connectivity index (χ1) is 12.9. The van der Waals surface area contributed by atoms with Crippen LogP contribution in [0.5, 0.6) is 5.75 Å².